The highest BCUT2D eigenvalue weighted by Crippen LogP contribution is 2.20. The minimum absolute atomic E-state index is 0.0261. The zero-order valence-electron chi connectivity index (χ0n) is 19.0. The maximum Gasteiger partial charge on any atom is 0.265 e. The summed E-state index contributed by atoms with van der Waals surface area (Å²) in [6.45, 7) is 5.84. The smallest absolute Gasteiger partial charge is 0.265 e. The molecular weight excluding hydrogens is 438 g/mol. The molecule has 0 saturated carbocycles. The molecule has 6 nitrogen and oxygen atoms in total. The number of rotatable bonds is 6. The van der Waals surface area contributed by atoms with E-state index in [0.717, 1.165) is 11.8 Å². The third-order valence-electron chi connectivity index (χ3n) is 5.68. The van der Waals surface area contributed by atoms with Gasteiger partial charge in [0.05, 0.1) is 24.5 Å². The van der Waals surface area contributed by atoms with Crippen LogP contribution >= 0.6 is 0 Å². The number of carbonyl (C=O) groups excluding carboxylic acids is 1. The first-order valence-electron chi connectivity index (χ1n) is 10.9. The summed E-state index contributed by atoms with van der Waals surface area (Å²) in [5.74, 6) is -1.21. The van der Waals surface area contributed by atoms with Gasteiger partial charge in [-0.15, -0.1) is 0 Å². The second-order valence-corrected chi connectivity index (χ2v) is 8.50. The van der Waals surface area contributed by atoms with E-state index < -0.39 is 23.3 Å². The normalized spacial score (nSPS) is 12.2. The van der Waals surface area contributed by atoms with Crippen LogP contribution in [0, 0.1) is 11.6 Å². The minimum atomic E-state index is -0.556. The molecule has 174 valence electrons. The number of halogens is 2. The van der Waals surface area contributed by atoms with Crippen molar-refractivity contribution in [2.24, 2.45) is 0 Å². The standard InChI is InChI=1S/C26H24F2N4O2/c1-15(2)19-10-18-11-23(25(33)31-16(3)17-4-6-20(27)7-5-17)26(34)32(24(18)30-12-19)14-22-9-8-21(28)13-29-22/h4-13,15-16H,14H2,1-3H3,(H,31,33). The minimum Gasteiger partial charge on any atom is -0.345 e. The first kappa shape index (κ1) is 23.2. The van der Waals surface area contributed by atoms with E-state index in [-0.39, 0.29) is 23.8 Å². The molecule has 8 heteroatoms. The van der Waals surface area contributed by atoms with Gasteiger partial charge in [-0.1, -0.05) is 26.0 Å². The Labute approximate surface area is 195 Å². The Morgan fingerprint density at radius 1 is 0.941 bits per heavy atom. The number of nitrogens with zero attached hydrogens (tertiary/aromatic N) is 3. The predicted molar refractivity (Wildman–Crippen MR) is 126 cm³/mol. The third-order valence-corrected chi connectivity index (χ3v) is 5.68. The Morgan fingerprint density at radius 3 is 2.29 bits per heavy atom. The summed E-state index contributed by atoms with van der Waals surface area (Å²) in [6.07, 6.45) is 2.78. The summed E-state index contributed by atoms with van der Waals surface area (Å²) in [6, 6.07) is 11.5. The fourth-order valence-electron chi connectivity index (χ4n) is 3.68. The van der Waals surface area contributed by atoms with Crippen LogP contribution in [-0.4, -0.2) is 20.4 Å². The van der Waals surface area contributed by atoms with E-state index in [4.69, 9.17) is 0 Å². The van der Waals surface area contributed by atoms with Crippen LogP contribution in [-0.2, 0) is 6.54 Å². The van der Waals surface area contributed by atoms with Crippen molar-refractivity contribution in [3.05, 3.63) is 105 Å². The molecule has 1 N–H and O–H groups in total. The van der Waals surface area contributed by atoms with Crippen molar-refractivity contribution >= 4 is 16.9 Å². The van der Waals surface area contributed by atoms with Crippen LogP contribution in [0.3, 0.4) is 0 Å². The predicted octanol–water partition coefficient (Wildman–Crippen LogP) is 4.73. The summed E-state index contributed by atoms with van der Waals surface area (Å²) in [7, 11) is 0. The van der Waals surface area contributed by atoms with Gasteiger partial charge >= 0.3 is 0 Å². The number of fused-ring (bicyclic) bond motifs is 1. The first-order valence-corrected chi connectivity index (χ1v) is 10.9. The van der Waals surface area contributed by atoms with Gasteiger partial charge in [0.25, 0.3) is 11.5 Å². The van der Waals surface area contributed by atoms with E-state index in [2.05, 4.69) is 15.3 Å². The highest BCUT2D eigenvalue weighted by Gasteiger charge is 2.20. The van der Waals surface area contributed by atoms with Crippen LogP contribution in [0.4, 0.5) is 8.78 Å². The van der Waals surface area contributed by atoms with Crippen LogP contribution in [0.5, 0.6) is 0 Å². The summed E-state index contributed by atoms with van der Waals surface area (Å²) in [4.78, 5) is 35.1. The molecule has 0 saturated heterocycles. The number of pyridine rings is 3. The Hall–Kier alpha value is -3.94. The van der Waals surface area contributed by atoms with Crippen molar-refractivity contribution in [2.75, 3.05) is 0 Å². The Morgan fingerprint density at radius 2 is 1.65 bits per heavy atom. The molecule has 3 aromatic heterocycles. The van der Waals surface area contributed by atoms with Gasteiger partial charge in [-0.25, -0.2) is 13.8 Å². The molecule has 0 spiro atoms. The number of nitrogens with one attached hydrogen (secondary N) is 1. The molecule has 0 aliphatic carbocycles. The van der Waals surface area contributed by atoms with Gasteiger partial charge in [0, 0.05) is 11.6 Å². The lowest BCUT2D eigenvalue weighted by Gasteiger charge is -2.16. The molecule has 0 radical (unpaired) electrons. The summed E-state index contributed by atoms with van der Waals surface area (Å²) in [5, 5.41) is 3.44. The molecule has 0 fully saturated rings. The van der Waals surface area contributed by atoms with E-state index in [1.807, 2.05) is 19.9 Å². The van der Waals surface area contributed by atoms with E-state index in [1.165, 1.54) is 34.9 Å². The van der Waals surface area contributed by atoms with Crippen molar-refractivity contribution < 1.29 is 13.6 Å². The summed E-state index contributed by atoms with van der Waals surface area (Å²) < 4.78 is 27.9. The zero-order chi connectivity index (χ0) is 24.4. The summed E-state index contributed by atoms with van der Waals surface area (Å²) >= 11 is 0. The van der Waals surface area contributed by atoms with E-state index >= 15 is 0 Å². The molecule has 4 rings (SSSR count). The maximum absolute atomic E-state index is 13.4. The van der Waals surface area contributed by atoms with Gasteiger partial charge in [0.1, 0.15) is 22.8 Å². The highest BCUT2D eigenvalue weighted by molar-refractivity contribution is 5.97. The van der Waals surface area contributed by atoms with Crippen molar-refractivity contribution in [3.8, 4) is 0 Å². The van der Waals surface area contributed by atoms with Crippen molar-refractivity contribution in [2.45, 2.75) is 39.3 Å². The molecule has 1 aromatic carbocycles. The quantitative estimate of drug-likeness (QED) is 0.449. The fraction of sp³-hybridized carbons (Fsp3) is 0.231. The van der Waals surface area contributed by atoms with Crippen LogP contribution < -0.4 is 10.9 Å². The fourth-order valence-corrected chi connectivity index (χ4v) is 3.68. The van der Waals surface area contributed by atoms with Crippen LogP contribution in [0.25, 0.3) is 11.0 Å². The average Bonchev–Trinajstić information content (AvgIpc) is 2.81. The Balaban J connectivity index is 1.77. The number of carbonyl (C=O) groups is 1. The molecular formula is C26H24F2N4O2. The second-order valence-electron chi connectivity index (χ2n) is 8.50. The largest absolute Gasteiger partial charge is 0.345 e. The molecule has 4 aromatic rings. The van der Waals surface area contributed by atoms with Gasteiger partial charge in [-0.2, -0.15) is 0 Å². The van der Waals surface area contributed by atoms with Crippen LogP contribution in [0.15, 0.2) is 65.7 Å². The van der Waals surface area contributed by atoms with Crippen LogP contribution in [0.1, 0.15) is 59.9 Å². The number of hydrogen-bond donors (Lipinski definition) is 1. The van der Waals surface area contributed by atoms with Crippen molar-refractivity contribution in [1.82, 2.24) is 19.9 Å². The van der Waals surface area contributed by atoms with Gasteiger partial charge < -0.3 is 5.32 Å². The molecule has 1 amide bonds. The topological polar surface area (TPSA) is 76.9 Å². The number of benzene rings is 1. The lowest BCUT2D eigenvalue weighted by atomic mass is 10.0. The number of aromatic nitrogens is 3. The molecule has 0 aliphatic heterocycles. The van der Waals surface area contributed by atoms with Crippen LogP contribution in [0.2, 0.25) is 0 Å². The van der Waals surface area contributed by atoms with Crippen molar-refractivity contribution in [1.29, 1.82) is 0 Å². The Bertz CT molecular complexity index is 1400. The molecule has 34 heavy (non-hydrogen) atoms. The lowest BCUT2D eigenvalue weighted by Crippen LogP contribution is -2.35. The van der Waals surface area contributed by atoms with Gasteiger partial charge in [-0.05, 0) is 60.4 Å². The zero-order valence-corrected chi connectivity index (χ0v) is 19.0. The average molecular weight is 463 g/mol. The van der Waals surface area contributed by atoms with E-state index in [9.17, 15) is 18.4 Å². The molecule has 0 bridgehead atoms. The second kappa shape index (κ2) is 9.51. The first-order chi connectivity index (χ1) is 16.2. The van der Waals surface area contributed by atoms with Gasteiger partial charge in [0.2, 0.25) is 0 Å². The third kappa shape index (κ3) is 4.85. The highest BCUT2D eigenvalue weighted by atomic mass is 19.1. The SMILES string of the molecule is CC(C)c1cnc2c(c1)cc(C(=O)NC(C)c1ccc(F)cc1)c(=O)n2Cc1ccc(F)cn1. The maximum atomic E-state index is 13.4. The molecule has 1 atom stereocenters. The van der Waals surface area contributed by atoms with Gasteiger partial charge in [0.15, 0.2) is 0 Å². The van der Waals surface area contributed by atoms with E-state index in [1.54, 1.807) is 25.3 Å². The monoisotopic (exact) mass is 462 g/mol. The molecule has 1 unspecified atom stereocenters. The van der Waals surface area contributed by atoms with Gasteiger partial charge in [-0.3, -0.25) is 19.1 Å². The Kier molecular flexibility index (Phi) is 6.49. The lowest BCUT2D eigenvalue weighted by molar-refractivity contribution is 0.0938. The molecule has 0 aliphatic rings. The van der Waals surface area contributed by atoms with E-state index in [0.29, 0.717) is 22.3 Å². The molecule has 3 heterocycles. The number of amides is 1. The number of hydrogen-bond acceptors (Lipinski definition) is 4. The summed E-state index contributed by atoms with van der Waals surface area (Å²) in [5.41, 5.74) is 1.94. The van der Waals surface area contributed by atoms with Crippen molar-refractivity contribution in [3.63, 3.8) is 0 Å².